The van der Waals surface area contributed by atoms with Crippen LogP contribution >= 0.6 is 23.8 Å². The number of thiocarbonyl (C=S) groups is 1. The number of ether oxygens (including phenoxy) is 1. The molecule has 3 heterocycles. The van der Waals surface area contributed by atoms with Gasteiger partial charge in [0.2, 0.25) is 0 Å². The number of methoxy groups -OCH3 is 1. The largest absolute Gasteiger partial charge is 0.495 e. The predicted molar refractivity (Wildman–Crippen MR) is 165 cm³/mol. The predicted octanol–water partition coefficient (Wildman–Crippen LogP) is 7.17. The molecule has 5 rings (SSSR count). The van der Waals surface area contributed by atoms with Gasteiger partial charge in [-0.05, 0) is 106 Å². The lowest BCUT2D eigenvalue weighted by atomic mass is 9.96. The molecule has 2 atom stereocenters. The van der Waals surface area contributed by atoms with Gasteiger partial charge in [-0.1, -0.05) is 17.7 Å². The Labute approximate surface area is 241 Å². The molecule has 0 saturated carbocycles. The van der Waals surface area contributed by atoms with Crippen LogP contribution in [-0.2, 0) is 0 Å². The van der Waals surface area contributed by atoms with Crippen molar-refractivity contribution in [2.45, 2.75) is 39.8 Å². The molecule has 0 aliphatic carbocycles. The Kier molecular flexibility index (Phi) is 7.82. The fourth-order valence-electron chi connectivity index (χ4n) is 5.64. The van der Waals surface area contributed by atoms with E-state index in [0.29, 0.717) is 15.9 Å². The quantitative estimate of drug-likeness (QED) is 0.231. The number of hydrogen-bond acceptors (Lipinski definition) is 4. The summed E-state index contributed by atoms with van der Waals surface area (Å²) in [5, 5.41) is 4.72. The lowest BCUT2D eigenvalue weighted by molar-refractivity contribution is 0.415. The van der Waals surface area contributed by atoms with Gasteiger partial charge in [0.15, 0.2) is 5.11 Å². The van der Waals surface area contributed by atoms with E-state index >= 15 is 0 Å². The highest BCUT2D eigenvalue weighted by atomic mass is 35.5. The summed E-state index contributed by atoms with van der Waals surface area (Å²) in [6.45, 7) is 10.7. The Morgan fingerprint density at radius 3 is 2.33 bits per heavy atom. The number of anilines is 2. The molecule has 0 spiro atoms. The molecule has 8 heteroatoms. The number of nitrogens with one attached hydrogen (secondary N) is 1. The molecular weight excluding hydrogens is 526 g/mol. The molecule has 0 bridgehead atoms. The first kappa shape index (κ1) is 27.0. The van der Waals surface area contributed by atoms with Gasteiger partial charge in [0.25, 0.3) is 0 Å². The van der Waals surface area contributed by atoms with Crippen molar-refractivity contribution in [2.75, 3.05) is 30.0 Å². The second-order valence-electron chi connectivity index (χ2n) is 9.67. The SMILES string of the molecule is CCN(CC)c1ccc(-n2c(C)cc([C@@H]3[C@H](c4ccccn4)NC(=S)N3c3ccc(OC)c(Cl)c3)c2C)cc1. The van der Waals surface area contributed by atoms with E-state index in [9.17, 15) is 0 Å². The van der Waals surface area contributed by atoms with Crippen LogP contribution in [0.15, 0.2) is 72.9 Å². The van der Waals surface area contributed by atoms with Crippen LogP contribution in [0.1, 0.15) is 48.6 Å². The van der Waals surface area contributed by atoms with Crippen LogP contribution < -0.4 is 19.9 Å². The highest BCUT2D eigenvalue weighted by Crippen LogP contribution is 2.45. The minimum absolute atomic E-state index is 0.133. The van der Waals surface area contributed by atoms with E-state index < -0.39 is 0 Å². The Bertz CT molecular complexity index is 1470. The van der Waals surface area contributed by atoms with Gasteiger partial charge in [0.05, 0.1) is 29.9 Å². The third-order valence-corrected chi connectivity index (χ3v) is 8.15. The summed E-state index contributed by atoms with van der Waals surface area (Å²) >= 11 is 12.5. The summed E-state index contributed by atoms with van der Waals surface area (Å²) in [6, 6.07) is 22.6. The van der Waals surface area contributed by atoms with Crippen molar-refractivity contribution < 1.29 is 4.74 Å². The molecule has 202 valence electrons. The van der Waals surface area contributed by atoms with Crippen molar-refractivity contribution in [2.24, 2.45) is 0 Å². The molecule has 0 unspecified atom stereocenters. The minimum Gasteiger partial charge on any atom is -0.495 e. The van der Waals surface area contributed by atoms with Gasteiger partial charge in [-0.25, -0.2) is 0 Å². The number of aryl methyl sites for hydroxylation is 1. The first-order valence-electron chi connectivity index (χ1n) is 13.3. The number of halogens is 1. The standard InChI is InChI=1S/C31H34ClN5OS/c1-6-35(7-2)22-11-13-23(14-12-22)36-20(3)18-25(21(36)4)30-29(27-10-8-9-17-33-27)34-31(39)37(30)24-15-16-28(38-5)26(32)19-24/h8-19,29-30H,6-7H2,1-5H3,(H,34,39)/t29-,30+/m0/s1. The highest BCUT2D eigenvalue weighted by molar-refractivity contribution is 7.80. The van der Waals surface area contributed by atoms with Crippen molar-refractivity contribution in [3.63, 3.8) is 0 Å². The van der Waals surface area contributed by atoms with Gasteiger partial charge < -0.3 is 24.4 Å². The second-order valence-corrected chi connectivity index (χ2v) is 10.5. The highest BCUT2D eigenvalue weighted by Gasteiger charge is 2.42. The first-order valence-corrected chi connectivity index (χ1v) is 14.0. The fraction of sp³-hybridized carbons (Fsp3) is 0.290. The van der Waals surface area contributed by atoms with E-state index in [0.717, 1.165) is 41.5 Å². The molecule has 1 fully saturated rings. The maximum Gasteiger partial charge on any atom is 0.174 e. The summed E-state index contributed by atoms with van der Waals surface area (Å²) in [7, 11) is 1.62. The average Bonchev–Trinajstić information content (AvgIpc) is 3.45. The summed E-state index contributed by atoms with van der Waals surface area (Å²) in [5.74, 6) is 0.627. The molecule has 2 aromatic carbocycles. The second kappa shape index (κ2) is 11.3. The maximum atomic E-state index is 6.56. The first-order chi connectivity index (χ1) is 18.9. The number of nitrogens with zero attached hydrogens (tertiary/aromatic N) is 4. The Morgan fingerprint density at radius 1 is 1.00 bits per heavy atom. The summed E-state index contributed by atoms with van der Waals surface area (Å²) in [5.41, 5.74) is 7.68. The Hall–Kier alpha value is -3.55. The molecule has 1 N–H and O–H groups in total. The van der Waals surface area contributed by atoms with Crippen LogP contribution in [0.25, 0.3) is 5.69 Å². The van der Waals surface area contributed by atoms with E-state index in [-0.39, 0.29) is 12.1 Å². The van der Waals surface area contributed by atoms with Gasteiger partial charge in [0.1, 0.15) is 5.75 Å². The molecular formula is C31H34ClN5OS. The van der Waals surface area contributed by atoms with Gasteiger partial charge in [0, 0.05) is 47.7 Å². The number of benzene rings is 2. The minimum atomic E-state index is -0.140. The van der Waals surface area contributed by atoms with Crippen LogP contribution in [0.2, 0.25) is 5.02 Å². The van der Waals surface area contributed by atoms with Crippen LogP contribution in [0.5, 0.6) is 5.75 Å². The Morgan fingerprint density at radius 2 is 1.72 bits per heavy atom. The monoisotopic (exact) mass is 559 g/mol. The summed E-state index contributed by atoms with van der Waals surface area (Å²) < 4.78 is 7.72. The molecule has 1 aliphatic rings. The van der Waals surface area contributed by atoms with E-state index in [2.05, 4.69) is 77.7 Å². The van der Waals surface area contributed by atoms with Gasteiger partial charge in [-0.2, -0.15) is 0 Å². The zero-order chi connectivity index (χ0) is 27.7. The van der Waals surface area contributed by atoms with Crippen LogP contribution in [0, 0.1) is 13.8 Å². The normalized spacial score (nSPS) is 16.9. The number of rotatable bonds is 8. The number of hydrogen-bond donors (Lipinski definition) is 1. The van der Waals surface area contributed by atoms with E-state index in [1.165, 1.54) is 11.3 Å². The maximum absolute atomic E-state index is 6.56. The zero-order valence-corrected chi connectivity index (χ0v) is 24.6. The topological polar surface area (TPSA) is 45.6 Å². The lowest BCUT2D eigenvalue weighted by Gasteiger charge is -2.28. The van der Waals surface area contributed by atoms with Crippen LogP contribution in [-0.4, -0.2) is 34.9 Å². The lowest BCUT2D eigenvalue weighted by Crippen LogP contribution is -2.29. The molecule has 1 saturated heterocycles. The van der Waals surface area contributed by atoms with E-state index in [4.69, 9.17) is 33.5 Å². The molecule has 39 heavy (non-hydrogen) atoms. The van der Waals surface area contributed by atoms with Crippen molar-refractivity contribution in [1.82, 2.24) is 14.9 Å². The summed E-state index contributed by atoms with van der Waals surface area (Å²) in [4.78, 5) is 9.20. The van der Waals surface area contributed by atoms with Gasteiger partial charge >= 0.3 is 0 Å². The number of pyridine rings is 1. The van der Waals surface area contributed by atoms with E-state index in [1.807, 2.05) is 42.6 Å². The molecule has 0 amide bonds. The van der Waals surface area contributed by atoms with Crippen molar-refractivity contribution in [3.05, 3.63) is 101 Å². The van der Waals surface area contributed by atoms with Gasteiger partial charge in [-0.3, -0.25) is 4.98 Å². The third-order valence-electron chi connectivity index (χ3n) is 7.54. The Balaban J connectivity index is 1.62. The molecule has 0 radical (unpaired) electrons. The molecule has 4 aromatic rings. The average molecular weight is 560 g/mol. The smallest absolute Gasteiger partial charge is 0.174 e. The zero-order valence-electron chi connectivity index (χ0n) is 23.0. The van der Waals surface area contributed by atoms with Crippen molar-refractivity contribution in [3.8, 4) is 11.4 Å². The van der Waals surface area contributed by atoms with Gasteiger partial charge in [-0.15, -0.1) is 0 Å². The third kappa shape index (κ3) is 4.97. The molecule has 6 nitrogen and oxygen atoms in total. The summed E-state index contributed by atoms with van der Waals surface area (Å²) in [6.07, 6.45) is 1.82. The number of aromatic nitrogens is 2. The van der Waals surface area contributed by atoms with E-state index in [1.54, 1.807) is 7.11 Å². The fourth-order valence-corrected chi connectivity index (χ4v) is 6.24. The van der Waals surface area contributed by atoms with Crippen LogP contribution in [0.3, 0.4) is 0 Å². The molecule has 2 aromatic heterocycles. The van der Waals surface area contributed by atoms with Crippen molar-refractivity contribution in [1.29, 1.82) is 0 Å². The molecule has 1 aliphatic heterocycles. The van der Waals surface area contributed by atoms with Crippen LogP contribution in [0.4, 0.5) is 11.4 Å². The van der Waals surface area contributed by atoms with Crippen molar-refractivity contribution >= 4 is 40.3 Å².